The van der Waals surface area contributed by atoms with Gasteiger partial charge in [0.2, 0.25) is 0 Å². The van der Waals surface area contributed by atoms with Crippen molar-refractivity contribution in [3.05, 3.63) is 46.9 Å². The molecule has 0 aromatic heterocycles. The molecule has 0 saturated carbocycles. The van der Waals surface area contributed by atoms with E-state index in [1.54, 1.807) is 6.92 Å². The monoisotopic (exact) mass is 265 g/mol. The van der Waals surface area contributed by atoms with Crippen molar-refractivity contribution in [3.8, 4) is 0 Å². The van der Waals surface area contributed by atoms with Crippen LogP contribution in [-0.4, -0.2) is 10.7 Å². The van der Waals surface area contributed by atoms with Gasteiger partial charge in [0.15, 0.2) is 5.78 Å². The lowest BCUT2D eigenvalue weighted by Gasteiger charge is -2.30. The van der Waals surface area contributed by atoms with Gasteiger partial charge < -0.3 is 4.90 Å². The number of allylic oxidation sites excluding steroid dienone is 5. The Bertz CT molecular complexity index is 455. The Morgan fingerprint density at radius 3 is 2.56 bits per heavy atom. The van der Waals surface area contributed by atoms with Crippen molar-refractivity contribution in [1.82, 2.24) is 4.90 Å². The maximum absolute atomic E-state index is 11.7. The zero-order valence-electron chi connectivity index (χ0n) is 11.5. The first-order chi connectivity index (χ1) is 8.38. The van der Waals surface area contributed by atoms with E-state index in [2.05, 4.69) is 20.4 Å². The fraction of sp³-hybridized carbons (Fsp3) is 0.400. The molecule has 0 N–H and O–H groups in total. The Labute approximate surface area is 114 Å². The fourth-order valence-electron chi connectivity index (χ4n) is 1.85. The van der Waals surface area contributed by atoms with Crippen LogP contribution in [0.1, 0.15) is 34.1 Å². The van der Waals surface area contributed by atoms with Gasteiger partial charge in [0, 0.05) is 22.5 Å². The summed E-state index contributed by atoms with van der Waals surface area (Å²) in [6.07, 6.45) is 6.20. The maximum atomic E-state index is 11.7. The van der Waals surface area contributed by atoms with Crippen LogP contribution in [0.2, 0.25) is 0 Å². The van der Waals surface area contributed by atoms with Crippen LogP contribution < -0.4 is 0 Å². The standard InChI is InChI=1S/C15H20ClNO/c1-6-14(12(5)18)15-9-13(16)7-8-17(15)11(4)10(2)3/h7-10H,4,6H2,1-3,5H3/b15-14+. The van der Waals surface area contributed by atoms with Crippen LogP contribution in [0.15, 0.2) is 46.9 Å². The van der Waals surface area contributed by atoms with Gasteiger partial charge in [-0.2, -0.15) is 0 Å². The molecular formula is C15H20ClNO. The van der Waals surface area contributed by atoms with E-state index in [1.165, 1.54) is 0 Å². The van der Waals surface area contributed by atoms with E-state index >= 15 is 0 Å². The Balaban J connectivity index is 3.30. The summed E-state index contributed by atoms with van der Waals surface area (Å²) in [6.45, 7) is 11.8. The lowest BCUT2D eigenvalue weighted by Crippen LogP contribution is -2.22. The third-order valence-corrected chi connectivity index (χ3v) is 3.22. The minimum Gasteiger partial charge on any atom is -0.321 e. The molecule has 18 heavy (non-hydrogen) atoms. The van der Waals surface area contributed by atoms with Crippen molar-refractivity contribution in [2.45, 2.75) is 34.1 Å². The number of rotatable bonds is 4. The second-order valence-electron chi connectivity index (χ2n) is 4.63. The van der Waals surface area contributed by atoms with Crippen LogP contribution in [-0.2, 0) is 4.79 Å². The average molecular weight is 266 g/mol. The number of hydrogen-bond donors (Lipinski definition) is 0. The van der Waals surface area contributed by atoms with Crippen LogP contribution in [0.5, 0.6) is 0 Å². The number of Topliss-reactive ketones (excluding diaryl/α,β-unsaturated/α-hetero) is 1. The Kier molecular flexibility index (Phi) is 4.97. The number of nitrogens with zero attached hydrogens (tertiary/aromatic N) is 1. The second-order valence-corrected chi connectivity index (χ2v) is 5.07. The molecule has 0 saturated heterocycles. The van der Waals surface area contributed by atoms with E-state index in [1.807, 2.05) is 30.2 Å². The van der Waals surface area contributed by atoms with E-state index < -0.39 is 0 Å². The highest BCUT2D eigenvalue weighted by Gasteiger charge is 2.20. The maximum Gasteiger partial charge on any atom is 0.157 e. The Hall–Kier alpha value is -1.28. The van der Waals surface area contributed by atoms with Crippen LogP contribution in [0, 0.1) is 5.92 Å². The lowest BCUT2D eigenvalue weighted by atomic mass is 10.0. The normalized spacial score (nSPS) is 17.9. The van der Waals surface area contributed by atoms with Crippen molar-refractivity contribution in [2.24, 2.45) is 5.92 Å². The van der Waals surface area contributed by atoms with E-state index in [4.69, 9.17) is 11.6 Å². The molecule has 0 spiro atoms. The molecular weight excluding hydrogens is 246 g/mol. The SMILES string of the molecule is C=C(C(C)C)N1C=CC(Cl)=C/C1=C(/CC)C(C)=O. The quantitative estimate of drug-likeness (QED) is 0.704. The van der Waals surface area contributed by atoms with Gasteiger partial charge in [0.1, 0.15) is 0 Å². The van der Waals surface area contributed by atoms with Crippen LogP contribution in [0.3, 0.4) is 0 Å². The van der Waals surface area contributed by atoms with Gasteiger partial charge in [-0.25, -0.2) is 0 Å². The molecule has 0 fully saturated rings. The van der Waals surface area contributed by atoms with Gasteiger partial charge in [0.05, 0.1) is 5.70 Å². The van der Waals surface area contributed by atoms with Gasteiger partial charge in [-0.3, -0.25) is 4.79 Å². The first kappa shape index (κ1) is 14.8. The van der Waals surface area contributed by atoms with Crippen LogP contribution in [0.4, 0.5) is 0 Å². The molecule has 0 unspecified atom stereocenters. The second kappa shape index (κ2) is 6.05. The molecule has 0 atom stereocenters. The first-order valence-electron chi connectivity index (χ1n) is 6.16. The van der Waals surface area contributed by atoms with Crippen molar-refractivity contribution in [1.29, 1.82) is 0 Å². The van der Waals surface area contributed by atoms with E-state index in [0.29, 0.717) is 17.4 Å². The van der Waals surface area contributed by atoms with Gasteiger partial charge in [-0.1, -0.05) is 39.0 Å². The molecule has 0 bridgehead atoms. The summed E-state index contributed by atoms with van der Waals surface area (Å²) in [4.78, 5) is 13.7. The highest BCUT2D eigenvalue weighted by molar-refractivity contribution is 6.31. The highest BCUT2D eigenvalue weighted by Crippen LogP contribution is 2.29. The molecule has 98 valence electrons. The summed E-state index contributed by atoms with van der Waals surface area (Å²) in [6, 6.07) is 0. The Morgan fingerprint density at radius 2 is 2.11 bits per heavy atom. The Morgan fingerprint density at radius 1 is 1.50 bits per heavy atom. The van der Waals surface area contributed by atoms with Crippen LogP contribution >= 0.6 is 11.6 Å². The van der Waals surface area contributed by atoms with E-state index in [-0.39, 0.29) is 5.78 Å². The summed E-state index contributed by atoms with van der Waals surface area (Å²) in [7, 11) is 0. The summed E-state index contributed by atoms with van der Waals surface area (Å²) in [5.41, 5.74) is 2.57. The third-order valence-electron chi connectivity index (χ3n) is 2.98. The molecule has 3 heteroatoms. The number of halogens is 1. The third kappa shape index (κ3) is 3.14. The number of ketones is 1. The summed E-state index contributed by atoms with van der Waals surface area (Å²) in [5.74, 6) is 0.380. The van der Waals surface area contributed by atoms with Gasteiger partial charge in [0.25, 0.3) is 0 Å². The van der Waals surface area contributed by atoms with Crippen molar-refractivity contribution >= 4 is 17.4 Å². The fourth-order valence-corrected chi connectivity index (χ4v) is 2.01. The number of carbonyl (C=O) groups excluding carboxylic acids is 1. The predicted molar refractivity (Wildman–Crippen MR) is 76.9 cm³/mol. The molecule has 2 nitrogen and oxygen atoms in total. The summed E-state index contributed by atoms with van der Waals surface area (Å²) in [5, 5.41) is 0.630. The molecule has 1 rings (SSSR count). The largest absolute Gasteiger partial charge is 0.321 e. The number of carbonyl (C=O) groups is 1. The minimum atomic E-state index is 0.0741. The highest BCUT2D eigenvalue weighted by atomic mass is 35.5. The summed E-state index contributed by atoms with van der Waals surface area (Å²) >= 11 is 6.04. The number of hydrogen-bond acceptors (Lipinski definition) is 2. The zero-order valence-corrected chi connectivity index (χ0v) is 12.2. The van der Waals surface area contributed by atoms with E-state index in [0.717, 1.165) is 17.0 Å². The minimum absolute atomic E-state index is 0.0741. The molecule has 0 amide bonds. The molecule has 0 aromatic rings. The molecule has 0 radical (unpaired) electrons. The molecule has 0 aliphatic carbocycles. The van der Waals surface area contributed by atoms with E-state index in [9.17, 15) is 4.79 Å². The topological polar surface area (TPSA) is 20.3 Å². The summed E-state index contributed by atoms with van der Waals surface area (Å²) < 4.78 is 0. The molecule has 1 aliphatic heterocycles. The van der Waals surface area contributed by atoms with Crippen molar-refractivity contribution < 1.29 is 4.79 Å². The average Bonchev–Trinajstić information content (AvgIpc) is 2.28. The molecule has 0 aromatic carbocycles. The van der Waals surface area contributed by atoms with Gasteiger partial charge in [-0.05, 0) is 31.4 Å². The molecule has 1 aliphatic rings. The van der Waals surface area contributed by atoms with Crippen molar-refractivity contribution in [2.75, 3.05) is 0 Å². The zero-order chi connectivity index (χ0) is 13.9. The predicted octanol–water partition coefficient (Wildman–Crippen LogP) is 4.36. The first-order valence-corrected chi connectivity index (χ1v) is 6.53. The lowest BCUT2D eigenvalue weighted by molar-refractivity contribution is -0.113. The smallest absolute Gasteiger partial charge is 0.157 e. The van der Waals surface area contributed by atoms with Gasteiger partial charge in [-0.15, -0.1) is 0 Å². The van der Waals surface area contributed by atoms with Crippen molar-refractivity contribution in [3.63, 3.8) is 0 Å². The molecule has 1 heterocycles. The van der Waals surface area contributed by atoms with Gasteiger partial charge >= 0.3 is 0 Å². The van der Waals surface area contributed by atoms with Crippen LogP contribution in [0.25, 0.3) is 0 Å².